The van der Waals surface area contributed by atoms with Gasteiger partial charge in [0.1, 0.15) is 5.69 Å². The first-order valence-corrected chi connectivity index (χ1v) is 5.06. The van der Waals surface area contributed by atoms with Crippen molar-refractivity contribution >= 4 is 17.8 Å². The zero-order valence-corrected chi connectivity index (χ0v) is 9.23. The number of allylic oxidation sites excluding steroid dienone is 1. The molecule has 0 radical (unpaired) electrons. The molecule has 0 aliphatic rings. The molecule has 0 atom stereocenters. The zero-order chi connectivity index (χ0) is 11.8. The van der Waals surface area contributed by atoms with Gasteiger partial charge in [0, 0.05) is 25.8 Å². The van der Waals surface area contributed by atoms with E-state index >= 15 is 0 Å². The average molecular weight is 218 g/mol. The minimum atomic E-state index is -0.0236. The summed E-state index contributed by atoms with van der Waals surface area (Å²) in [5.74, 6) is -0.0236. The highest BCUT2D eigenvalue weighted by Gasteiger charge is 1.96. The number of hydrogen-bond acceptors (Lipinski definition) is 2. The van der Waals surface area contributed by atoms with E-state index in [2.05, 4.69) is 5.32 Å². The number of carbonyl (C=O) groups excluding carboxylic acids is 1. The van der Waals surface area contributed by atoms with Gasteiger partial charge in [0.25, 0.3) is 0 Å². The predicted octanol–water partition coefficient (Wildman–Crippen LogP) is 0.681. The van der Waals surface area contributed by atoms with Crippen molar-refractivity contribution in [3.8, 4) is 0 Å². The quantitative estimate of drug-likeness (QED) is 0.493. The summed E-state index contributed by atoms with van der Waals surface area (Å²) in [6.07, 6.45) is 4.71. The molecule has 0 heterocycles. The van der Waals surface area contributed by atoms with Gasteiger partial charge in [-0.05, 0) is 17.7 Å². The van der Waals surface area contributed by atoms with Crippen LogP contribution >= 0.6 is 0 Å². The molecule has 0 aliphatic carbocycles. The number of hydrogen-bond donors (Lipinski definition) is 3. The Labute approximate surface area is 94.9 Å². The van der Waals surface area contributed by atoms with E-state index in [0.29, 0.717) is 6.54 Å². The van der Waals surface area contributed by atoms with E-state index in [1.54, 1.807) is 6.08 Å². The molecule has 4 nitrogen and oxygen atoms in total. The van der Waals surface area contributed by atoms with Crippen molar-refractivity contribution in [2.45, 2.75) is 13.5 Å². The zero-order valence-electron chi connectivity index (χ0n) is 9.23. The molecule has 0 spiro atoms. The van der Waals surface area contributed by atoms with Crippen molar-refractivity contribution in [3.05, 3.63) is 42.1 Å². The Balaban J connectivity index is 2.50. The van der Waals surface area contributed by atoms with Crippen LogP contribution in [0.15, 0.2) is 36.5 Å². The Morgan fingerprint density at radius 1 is 1.44 bits per heavy atom. The molecule has 4 heteroatoms. The largest absolute Gasteiger partial charge is 0.352 e. The molecule has 0 unspecified atom stereocenters. The van der Waals surface area contributed by atoms with E-state index in [4.69, 9.17) is 5.41 Å². The van der Waals surface area contributed by atoms with Gasteiger partial charge >= 0.3 is 0 Å². The van der Waals surface area contributed by atoms with E-state index in [1.807, 2.05) is 35.8 Å². The summed E-state index contributed by atoms with van der Waals surface area (Å²) in [5.41, 5.74) is 2.15. The Morgan fingerprint density at radius 2 is 2.12 bits per heavy atom. The minimum absolute atomic E-state index is 0.0236. The second-order valence-corrected chi connectivity index (χ2v) is 3.37. The summed E-state index contributed by atoms with van der Waals surface area (Å²) in [5, 5.41) is 11.5. The van der Waals surface area contributed by atoms with Gasteiger partial charge in [0.2, 0.25) is 5.91 Å². The molecule has 0 aromatic heterocycles. The van der Waals surface area contributed by atoms with Crippen LogP contribution in [-0.2, 0) is 11.3 Å². The number of carbonyl (C=O) groups is 1. The molecule has 0 saturated heterocycles. The lowest BCUT2D eigenvalue weighted by Crippen LogP contribution is -2.70. The van der Waals surface area contributed by atoms with Crippen LogP contribution < -0.4 is 10.6 Å². The van der Waals surface area contributed by atoms with Gasteiger partial charge in [-0.25, -0.2) is 0 Å². The summed E-state index contributed by atoms with van der Waals surface area (Å²) < 4.78 is 0. The fourth-order valence-electron chi connectivity index (χ4n) is 1.20. The minimum Gasteiger partial charge on any atom is -0.352 e. The number of benzene rings is 1. The van der Waals surface area contributed by atoms with Gasteiger partial charge < -0.3 is 10.7 Å². The van der Waals surface area contributed by atoms with E-state index in [-0.39, 0.29) is 5.91 Å². The summed E-state index contributed by atoms with van der Waals surface area (Å²) in [6.45, 7) is 2.07. The summed E-state index contributed by atoms with van der Waals surface area (Å²) >= 11 is 0. The van der Waals surface area contributed by atoms with Crippen molar-refractivity contribution in [1.82, 2.24) is 5.32 Å². The molecule has 0 bridgehead atoms. The Hall–Kier alpha value is -1.94. The summed E-state index contributed by atoms with van der Waals surface area (Å²) in [7, 11) is 0. The lowest BCUT2D eigenvalue weighted by atomic mass is 10.2. The van der Waals surface area contributed by atoms with Crippen LogP contribution in [0.1, 0.15) is 12.5 Å². The molecule has 4 N–H and O–H groups in total. The molecule has 1 rings (SSSR count). The fraction of sp³-hybridized carbons (Fsp3) is 0.167. The third-order valence-electron chi connectivity index (χ3n) is 2.02. The molecular formula is C12H16N3O+. The monoisotopic (exact) mass is 218 g/mol. The maximum atomic E-state index is 10.7. The first-order chi connectivity index (χ1) is 7.72. The normalized spacial score (nSPS) is 10.3. The highest BCUT2D eigenvalue weighted by molar-refractivity contribution is 5.72. The maximum absolute atomic E-state index is 10.7. The Bertz CT molecular complexity index is 382. The molecular weight excluding hydrogens is 202 g/mol. The fourth-order valence-corrected chi connectivity index (χ4v) is 1.20. The molecule has 84 valence electrons. The second-order valence-electron chi connectivity index (χ2n) is 3.37. The van der Waals surface area contributed by atoms with Crippen molar-refractivity contribution in [2.75, 3.05) is 0 Å². The number of nitrogens with two attached hydrogens (primary N) is 1. The third kappa shape index (κ3) is 4.52. The lowest BCUT2D eigenvalue weighted by Gasteiger charge is -2.02. The first-order valence-electron chi connectivity index (χ1n) is 5.06. The van der Waals surface area contributed by atoms with Gasteiger partial charge in [-0.2, -0.15) is 0 Å². The van der Waals surface area contributed by atoms with E-state index < -0.39 is 0 Å². The first kappa shape index (κ1) is 12.1. The standard InChI is InChI=1S/C12H15N3O/c1-10(16)15-9-11-3-5-12(6-4-11)14-8-2-7-13/h2-8,13-14H,9H2,1H3,(H,15,16)/p+1/b8-2-,13-7?. The summed E-state index contributed by atoms with van der Waals surface area (Å²) in [6, 6.07) is 7.90. The molecule has 16 heavy (non-hydrogen) atoms. The van der Waals surface area contributed by atoms with Crippen molar-refractivity contribution in [1.29, 1.82) is 5.41 Å². The molecule has 1 aromatic rings. The highest BCUT2D eigenvalue weighted by Crippen LogP contribution is 2.03. The van der Waals surface area contributed by atoms with Gasteiger partial charge in [-0.15, -0.1) is 0 Å². The van der Waals surface area contributed by atoms with Crippen LogP contribution in [0.25, 0.3) is 0 Å². The van der Waals surface area contributed by atoms with E-state index in [9.17, 15) is 4.79 Å². The van der Waals surface area contributed by atoms with Gasteiger partial charge in [0.15, 0.2) is 0 Å². The molecule has 0 aliphatic heterocycles. The number of rotatable bonds is 5. The Kier molecular flexibility index (Phi) is 4.95. The molecule has 1 aromatic carbocycles. The van der Waals surface area contributed by atoms with Crippen LogP contribution in [0.4, 0.5) is 5.69 Å². The smallest absolute Gasteiger partial charge is 0.217 e. The molecule has 0 saturated carbocycles. The SMILES string of the molecule is CC(=O)NCc1ccc([NH2+]/C=C\C=N)cc1. The number of amides is 1. The van der Waals surface area contributed by atoms with Gasteiger partial charge in [0.05, 0.1) is 6.20 Å². The van der Waals surface area contributed by atoms with E-state index in [0.717, 1.165) is 11.3 Å². The van der Waals surface area contributed by atoms with Gasteiger partial charge in [-0.1, -0.05) is 12.1 Å². The maximum Gasteiger partial charge on any atom is 0.217 e. The topological polar surface area (TPSA) is 69.6 Å². The summed E-state index contributed by atoms with van der Waals surface area (Å²) in [4.78, 5) is 10.7. The number of nitrogens with one attached hydrogen (secondary N) is 2. The predicted molar refractivity (Wildman–Crippen MR) is 63.5 cm³/mol. The molecule has 1 amide bonds. The Morgan fingerprint density at radius 3 is 2.69 bits per heavy atom. The van der Waals surface area contributed by atoms with E-state index in [1.165, 1.54) is 13.1 Å². The van der Waals surface area contributed by atoms with Crippen LogP contribution in [0, 0.1) is 5.41 Å². The van der Waals surface area contributed by atoms with Crippen LogP contribution in [-0.4, -0.2) is 12.1 Å². The van der Waals surface area contributed by atoms with Crippen molar-refractivity contribution in [3.63, 3.8) is 0 Å². The number of quaternary nitrogens is 1. The van der Waals surface area contributed by atoms with Crippen molar-refractivity contribution in [2.24, 2.45) is 0 Å². The second kappa shape index (κ2) is 6.53. The van der Waals surface area contributed by atoms with Crippen LogP contribution in [0.5, 0.6) is 0 Å². The average Bonchev–Trinajstić information content (AvgIpc) is 2.28. The van der Waals surface area contributed by atoms with Crippen LogP contribution in [0.2, 0.25) is 0 Å². The van der Waals surface area contributed by atoms with Crippen LogP contribution in [0.3, 0.4) is 0 Å². The molecule has 0 fully saturated rings. The third-order valence-corrected chi connectivity index (χ3v) is 2.02. The lowest BCUT2D eigenvalue weighted by molar-refractivity contribution is -0.496. The highest BCUT2D eigenvalue weighted by atomic mass is 16.1. The van der Waals surface area contributed by atoms with Crippen molar-refractivity contribution < 1.29 is 10.1 Å². The van der Waals surface area contributed by atoms with Gasteiger partial charge in [-0.3, -0.25) is 10.1 Å².